The number of carbonyl (C=O) groups excluding carboxylic acids is 3. The smallest absolute Gasteiger partial charge is 0.339 e. The summed E-state index contributed by atoms with van der Waals surface area (Å²) in [5.74, 6) is -1.45. The number of benzene rings is 2. The van der Waals surface area contributed by atoms with Crippen LogP contribution in [0.25, 0.3) is 0 Å². The van der Waals surface area contributed by atoms with Crippen molar-refractivity contribution in [3.05, 3.63) is 65.2 Å². The summed E-state index contributed by atoms with van der Waals surface area (Å²) in [4.78, 5) is 37.6. The Labute approximate surface area is 169 Å². The second kappa shape index (κ2) is 8.87. The lowest BCUT2D eigenvalue weighted by molar-refractivity contribution is -0.125. The first-order valence-electron chi connectivity index (χ1n) is 9.27. The number of rotatable bonds is 5. The van der Waals surface area contributed by atoms with Gasteiger partial charge in [0.25, 0.3) is 0 Å². The molecule has 0 aromatic heterocycles. The predicted octanol–water partition coefficient (Wildman–Crippen LogP) is 2.95. The Morgan fingerprint density at radius 3 is 2.21 bits per heavy atom. The Morgan fingerprint density at radius 1 is 0.931 bits per heavy atom. The number of methoxy groups -OCH3 is 2. The quantitative estimate of drug-likeness (QED) is 0.780. The van der Waals surface area contributed by atoms with Gasteiger partial charge in [-0.1, -0.05) is 30.3 Å². The molecule has 29 heavy (non-hydrogen) atoms. The highest BCUT2D eigenvalue weighted by molar-refractivity contribution is 6.06. The van der Waals surface area contributed by atoms with E-state index in [2.05, 4.69) is 5.32 Å². The molecule has 1 aliphatic heterocycles. The normalized spacial score (nSPS) is 15.2. The minimum absolute atomic E-state index is 0.156. The molecule has 7 heteroatoms. The molecule has 1 aliphatic rings. The van der Waals surface area contributed by atoms with Gasteiger partial charge in [0.15, 0.2) is 0 Å². The number of nitrogens with one attached hydrogen (secondary N) is 1. The standard InChI is InChI=1S/C22H23NO6/c1-27-19(24)15-8-9-17(20(25)28-2)18(14-15)23-21(26)22(10-12-29-13-11-22)16-6-4-3-5-7-16/h3-9,14H,10-13H2,1-2H3,(H,23,26). The van der Waals surface area contributed by atoms with Crippen LogP contribution in [0.3, 0.4) is 0 Å². The van der Waals surface area contributed by atoms with Gasteiger partial charge in [-0.25, -0.2) is 9.59 Å². The molecule has 1 amide bonds. The summed E-state index contributed by atoms with van der Waals surface area (Å²) in [5.41, 5.74) is 0.657. The molecular weight excluding hydrogens is 374 g/mol. The van der Waals surface area contributed by atoms with Crippen molar-refractivity contribution < 1.29 is 28.6 Å². The Kier molecular flexibility index (Phi) is 6.29. The molecule has 7 nitrogen and oxygen atoms in total. The van der Waals surface area contributed by atoms with Crippen LogP contribution in [0.4, 0.5) is 5.69 Å². The van der Waals surface area contributed by atoms with Crippen LogP contribution in [0.1, 0.15) is 39.1 Å². The van der Waals surface area contributed by atoms with Crippen LogP contribution in [-0.2, 0) is 24.4 Å². The van der Waals surface area contributed by atoms with Gasteiger partial charge in [0.1, 0.15) is 0 Å². The molecule has 0 radical (unpaired) electrons. The summed E-state index contributed by atoms with van der Waals surface area (Å²) in [7, 11) is 2.52. The number of amides is 1. The fourth-order valence-corrected chi connectivity index (χ4v) is 3.55. The van der Waals surface area contributed by atoms with E-state index in [0.717, 1.165) is 5.56 Å². The van der Waals surface area contributed by atoms with Gasteiger partial charge < -0.3 is 19.5 Å². The van der Waals surface area contributed by atoms with Crippen molar-refractivity contribution in [3.63, 3.8) is 0 Å². The van der Waals surface area contributed by atoms with Gasteiger partial charge >= 0.3 is 11.9 Å². The van der Waals surface area contributed by atoms with Crippen molar-refractivity contribution in [1.82, 2.24) is 0 Å². The van der Waals surface area contributed by atoms with Crippen molar-refractivity contribution in [2.45, 2.75) is 18.3 Å². The minimum Gasteiger partial charge on any atom is -0.465 e. The lowest BCUT2D eigenvalue weighted by Gasteiger charge is -2.36. The summed E-state index contributed by atoms with van der Waals surface area (Å²) in [5, 5.41) is 2.85. The fourth-order valence-electron chi connectivity index (χ4n) is 3.55. The number of carbonyl (C=O) groups is 3. The van der Waals surface area contributed by atoms with E-state index in [1.165, 1.54) is 32.4 Å². The van der Waals surface area contributed by atoms with Crippen molar-refractivity contribution in [2.75, 3.05) is 32.8 Å². The lowest BCUT2D eigenvalue weighted by atomic mass is 9.73. The molecule has 0 spiro atoms. The van der Waals surface area contributed by atoms with Crippen LogP contribution in [0, 0.1) is 0 Å². The maximum atomic E-state index is 13.5. The second-order valence-electron chi connectivity index (χ2n) is 6.76. The highest BCUT2D eigenvalue weighted by Gasteiger charge is 2.42. The summed E-state index contributed by atoms with van der Waals surface area (Å²) in [6.07, 6.45) is 1.01. The minimum atomic E-state index is -0.797. The maximum Gasteiger partial charge on any atom is 0.339 e. The molecule has 1 N–H and O–H groups in total. The first-order chi connectivity index (χ1) is 14.0. The zero-order valence-electron chi connectivity index (χ0n) is 16.4. The molecule has 1 saturated heterocycles. The van der Waals surface area contributed by atoms with Crippen LogP contribution in [-0.4, -0.2) is 45.3 Å². The van der Waals surface area contributed by atoms with Crippen molar-refractivity contribution >= 4 is 23.5 Å². The molecule has 0 atom stereocenters. The third-order valence-corrected chi connectivity index (χ3v) is 5.20. The largest absolute Gasteiger partial charge is 0.465 e. The molecule has 1 heterocycles. The zero-order chi connectivity index (χ0) is 20.9. The molecule has 152 valence electrons. The predicted molar refractivity (Wildman–Crippen MR) is 106 cm³/mol. The number of ether oxygens (including phenoxy) is 3. The molecule has 0 saturated carbocycles. The summed E-state index contributed by atoms with van der Waals surface area (Å²) >= 11 is 0. The molecule has 3 rings (SSSR count). The number of esters is 2. The van der Waals surface area contributed by atoms with Crippen LogP contribution in [0.15, 0.2) is 48.5 Å². The van der Waals surface area contributed by atoms with E-state index in [1.54, 1.807) is 0 Å². The van der Waals surface area contributed by atoms with E-state index in [0.29, 0.717) is 26.1 Å². The van der Waals surface area contributed by atoms with Crippen LogP contribution >= 0.6 is 0 Å². The highest BCUT2D eigenvalue weighted by atomic mass is 16.5. The lowest BCUT2D eigenvalue weighted by Crippen LogP contribution is -2.45. The first kappa shape index (κ1) is 20.5. The van der Waals surface area contributed by atoms with E-state index >= 15 is 0 Å². The van der Waals surface area contributed by atoms with Gasteiger partial charge in [0, 0.05) is 13.2 Å². The van der Waals surface area contributed by atoms with Crippen molar-refractivity contribution in [3.8, 4) is 0 Å². The van der Waals surface area contributed by atoms with Gasteiger partial charge in [-0.2, -0.15) is 0 Å². The van der Waals surface area contributed by atoms with E-state index in [4.69, 9.17) is 14.2 Å². The average Bonchev–Trinajstić information content (AvgIpc) is 2.79. The molecule has 1 fully saturated rings. The molecule has 0 unspecified atom stereocenters. The van der Waals surface area contributed by atoms with Gasteiger partial charge in [0.2, 0.25) is 5.91 Å². The van der Waals surface area contributed by atoms with Crippen LogP contribution < -0.4 is 5.32 Å². The summed E-state index contributed by atoms with van der Waals surface area (Å²) in [6, 6.07) is 13.8. The third kappa shape index (κ3) is 4.14. The Morgan fingerprint density at radius 2 is 1.59 bits per heavy atom. The summed E-state index contributed by atoms with van der Waals surface area (Å²) in [6.45, 7) is 0.906. The molecule has 2 aromatic rings. The van der Waals surface area contributed by atoms with Crippen LogP contribution in [0.2, 0.25) is 0 Å². The van der Waals surface area contributed by atoms with Gasteiger partial charge in [-0.15, -0.1) is 0 Å². The molecule has 0 aliphatic carbocycles. The number of hydrogen-bond donors (Lipinski definition) is 1. The SMILES string of the molecule is COC(=O)c1ccc(C(=O)OC)c(NC(=O)C2(c3ccccc3)CCOCC2)c1. The van der Waals surface area contributed by atoms with Crippen LogP contribution in [0.5, 0.6) is 0 Å². The zero-order valence-corrected chi connectivity index (χ0v) is 16.4. The number of hydrogen-bond acceptors (Lipinski definition) is 6. The van der Waals surface area contributed by atoms with Crippen molar-refractivity contribution in [1.29, 1.82) is 0 Å². The summed E-state index contributed by atoms with van der Waals surface area (Å²) < 4.78 is 15.0. The monoisotopic (exact) mass is 397 g/mol. The van der Waals surface area contributed by atoms with E-state index in [1.807, 2.05) is 30.3 Å². The highest BCUT2D eigenvalue weighted by Crippen LogP contribution is 2.36. The molecule has 2 aromatic carbocycles. The first-order valence-corrected chi connectivity index (χ1v) is 9.27. The van der Waals surface area contributed by atoms with Gasteiger partial charge in [-0.05, 0) is 36.6 Å². The second-order valence-corrected chi connectivity index (χ2v) is 6.76. The molecule has 0 bridgehead atoms. The van der Waals surface area contributed by atoms with E-state index in [-0.39, 0.29) is 22.7 Å². The van der Waals surface area contributed by atoms with Gasteiger partial charge in [-0.3, -0.25) is 4.79 Å². The fraction of sp³-hybridized carbons (Fsp3) is 0.318. The Bertz CT molecular complexity index is 903. The van der Waals surface area contributed by atoms with E-state index < -0.39 is 17.4 Å². The third-order valence-electron chi connectivity index (χ3n) is 5.20. The Hall–Kier alpha value is -3.19. The van der Waals surface area contributed by atoms with Gasteiger partial charge in [0.05, 0.1) is 36.4 Å². The van der Waals surface area contributed by atoms with Crippen molar-refractivity contribution in [2.24, 2.45) is 0 Å². The average molecular weight is 397 g/mol. The van der Waals surface area contributed by atoms with E-state index in [9.17, 15) is 14.4 Å². The maximum absolute atomic E-state index is 13.5. The topological polar surface area (TPSA) is 90.9 Å². The Balaban J connectivity index is 2.01. The molecular formula is C22H23NO6. The number of anilines is 1.